The fourth-order valence-electron chi connectivity index (χ4n) is 3.22. The summed E-state index contributed by atoms with van der Waals surface area (Å²) in [5.41, 5.74) is 2.35. The number of hydrogen-bond donors (Lipinski definition) is 1. The van der Waals surface area contributed by atoms with Crippen LogP contribution >= 0.6 is 0 Å². The maximum atomic E-state index is 13.0. The van der Waals surface area contributed by atoms with E-state index in [4.69, 9.17) is 0 Å². The van der Waals surface area contributed by atoms with E-state index >= 15 is 0 Å². The highest BCUT2D eigenvalue weighted by Gasteiger charge is 2.22. The SMILES string of the molecule is Cc1ccc(S(=O)(=O)N(C)c2cccc(C(=O)N[C@@H](C)c3ccc(S(C)(=O)=O)cc3)c2)cc1. The molecule has 1 atom stereocenters. The second-order valence-electron chi connectivity index (χ2n) is 7.87. The van der Waals surface area contributed by atoms with Crippen molar-refractivity contribution in [2.24, 2.45) is 0 Å². The van der Waals surface area contributed by atoms with E-state index in [2.05, 4.69) is 5.32 Å². The molecule has 0 aliphatic carbocycles. The highest BCUT2D eigenvalue weighted by atomic mass is 32.2. The van der Waals surface area contributed by atoms with Gasteiger partial charge >= 0.3 is 0 Å². The molecule has 0 heterocycles. The van der Waals surface area contributed by atoms with Crippen molar-refractivity contribution in [3.63, 3.8) is 0 Å². The predicted octanol–water partition coefficient (Wildman–Crippen LogP) is 3.71. The molecular formula is C24H26N2O5S2. The Kier molecular flexibility index (Phi) is 6.94. The fourth-order valence-corrected chi connectivity index (χ4v) is 5.03. The number of benzene rings is 3. The second-order valence-corrected chi connectivity index (χ2v) is 11.9. The molecule has 0 aromatic heterocycles. The Balaban J connectivity index is 1.78. The Morgan fingerprint density at radius 1 is 0.879 bits per heavy atom. The van der Waals surface area contributed by atoms with Crippen LogP contribution in [0.3, 0.4) is 0 Å². The largest absolute Gasteiger partial charge is 0.346 e. The molecule has 33 heavy (non-hydrogen) atoms. The molecule has 0 aliphatic heterocycles. The van der Waals surface area contributed by atoms with Crippen molar-refractivity contribution < 1.29 is 21.6 Å². The number of rotatable bonds is 7. The van der Waals surface area contributed by atoms with E-state index in [1.54, 1.807) is 61.5 Å². The normalized spacial score (nSPS) is 12.7. The molecule has 174 valence electrons. The Hall–Kier alpha value is -3.17. The van der Waals surface area contributed by atoms with Gasteiger partial charge in [-0.3, -0.25) is 9.10 Å². The Labute approximate surface area is 195 Å². The minimum Gasteiger partial charge on any atom is -0.346 e. The lowest BCUT2D eigenvalue weighted by Crippen LogP contribution is -2.28. The number of carbonyl (C=O) groups excluding carboxylic acids is 1. The molecule has 0 saturated heterocycles. The quantitative estimate of drug-likeness (QED) is 0.549. The number of aryl methyl sites for hydroxylation is 1. The maximum absolute atomic E-state index is 13.0. The summed E-state index contributed by atoms with van der Waals surface area (Å²) in [6.07, 6.45) is 1.14. The van der Waals surface area contributed by atoms with Gasteiger partial charge in [-0.2, -0.15) is 0 Å². The van der Waals surface area contributed by atoms with Crippen LogP contribution in [-0.2, 0) is 19.9 Å². The molecule has 1 N–H and O–H groups in total. The third kappa shape index (κ3) is 5.61. The third-order valence-electron chi connectivity index (χ3n) is 5.31. The van der Waals surface area contributed by atoms with Crippen LogP contribution in [0.5, 0.6) is 0 Å². The minimum atomic E-state index is -3.78. The Morgan fingerprint density at radius 3 is 2.03 bits per heavy atom. The number of nitrogens with one attached hydrogen (secondary N) is 1. The Bertz CT molecular complexity index is 1370. The standard InChI is InChI=1S/C24H26N2O5S2/c1-17-8-12-23(13-9-17)33(30,31)26(3)21-7-5-6-20(16-21)24(27)25-18(2)19-10-14-22(15-11-19)32(4,28)29/h5-16,18H,1-4H3,(H,25,27)/t18-/m0/s1. The van der Waals surface area contributed by atoms with E-state index in [-0.39, 0.29) is 21.7 Å². The van der Waals surface area contributed by atoms with Crippen LogP contribution in [0.15, 0.2) is 82.6 Å². The zero-order chi connectivity index (χ0) is 24.4. The topological polar surface area (TPSA) is 101 Å². The lowest BCUT2D eigenvalue weighted by Gasteiger charge is -2.21. The van der Waals surface area contributed by atoms with E-state index in [1.165, 1.54) is 25.2 Å². The summed E-state index contributed by atoms with van der Waals surface area (Å²) in [7, 11) is -5.64. The number of hydrogen-bond acceptors (Lipinski definition) is 5. The number of nitrogens with zero attached hydrogens (tertiary/aromatic N) is 1. The van der Waals surface area contributed by atoms with E-state index in [0.717, 1.165) is 21.7 Å². The van der Waals surface area contributed by atoms with Gasteiger partial charge in [0.05, 0.1) is 21.5 Å². The monoisotopic (exact) mass is 486 g/mol. The van der Waals surface area contributed by atoms with Gasteiger partial charge in [-0.15, -0.1) is 0 Å². The first kappa shape index (κ1) is 24.5. The number of amides is 1. The predicted molar refractivity (Wildman–Crippen MR) is 129 cm³/mol. The second kappa shape index (κ2) is 9.36. The van der Waals surface area contributed by atoms with Crippen molar-refractivity contribution >= 4 is 31.5 Å². The molecule has 9 heteroatoms. The molecule has 7 nitrogen and oxygen atoms in total. The van der Waals surface area contributed by atoms with Crippen LogP contribution in [0.25, 0.3) is 0 Å². The molecule has 0 bridgehead atoms. The van der Waals surface area contributed by atoms with Gasteiger partial charge in [0.15, 0.2) is 9.84 Å². The summed E-state index contributed by atoms with van der Waals surface area (Å²) in [6.45, 7) is 3.66. The molecule has 0 radical (unpaired) electrons. The average Bonchev–Trinajstić information content (AvgIpc) is 2.78. The maximum Gasteiger partial charge on any atom is 0.264 e. The third-order valence-corrected chi connectivity index (χ3v) is 8.24. The lowest BCUT2D eigenvalue weighted by molar-refractivity contribution is 0.0940. The van der Waals surface area contributed by atoms with Gasteiger partial charge in [-0.05, 0) is 61.9 Å². The first-order valence-corrected chi connectivity index (χ1v) is 13.5. The molecule has 3 aromatic carbocycles. The van der Waals surface area contributed by atoms with Gasteiger partial charge in [-0.1, -0.05) is 35.9 Å². The van der Waals surface area contributed by atoms with Crippen LogP contribution < -0.4 is 9.62 Å². The van der Waals surface area contributed by atoms with Crippen molar-refractivity contribution in [3.8, 4) is 0 Å². The highest BCUT2D eigenvalue weighted by Crippen LogP contribution is 2.24. The smallest absolute Gasteiger partial charge is 0.264 e. The lowest BCUT2D eigenvalue weighted by atomic mass is 10.1. The number of sulfone groups is 1. The van der Waals surface area contributed by atoms with Crippen molar-refractivity contribution in [3.05, 3.63) is 89.5 Å². The summed E-state index contributed by atoms with van der Waals surface area (Å²) < 4.78 is 50.3. The van der Waals surface area contributed by atoms with Gasteiger partial charge in [0.1, 0.15) is 0 Å². The van der Waals surface area contributed by atoms with Crippen molar-refractivity contribution in [1.29, 1.82) is 0 Å². The fraction of sp³-hybridized carbons (Fsp3) is 0.208. The first-order chi connectivity index (χ1) is 15.4. The van der Waals surface area contributed by atoms with Gasteiger partial charge in [0, 0.05) is 18.9 Å². The van der Waals surface area contributed by atoms with Gasteiger partial charge < -0.3 is 5.32 Å². The molecule has 0 saturated carbocycles. The van der Waals surface area contributed by atoms with Crippen LogP contribution in [0.4, 0.5) is 5.69 Å². The molecule has 0 aliphatic rings. The van der Waals surface area contributed by atoms with E-state index < -0.39 is 19.9 Å². The molecule has 3 aromatic rings. The van der Waals surface area contributed by atoms with E-state index in [1.807, 2.05) is 6.92 Å². The molecule has 0 unspecified atom stereocenters. The summed E-state index contributed by atoms with van der Waals surface area (Å²) in [4.78, 5) is 13.2. The number of carbonyl (C=O) groups is 1. The zero-order valence-electron chi connectivity index (χ0n) is 18.8. The van der Waals surface area contributed by atoms with Gasteiger partial charge in [-0.25, -0.2) is 16.8 Å². The molecular weight excluding hydrogens is 460 g/mol. The van der Waals surface area contributed by atoms with Gasteiger partial charge in [0.25, 0.3) is 15.9 Å². The summed E-state index contributed by atoms with van der Waals surface area (Å²) in [5, 5.41) is 2.86. The van der Waals surface area contributed by atoms with Crippen LogP contribution in [0, 0.1) is 6.92 Å². The molecule has 0 spiro atoms. The average molecular weight is 487 g/mol. The molecule has 0 fully saturated rings. The van der Waals surface area contributed by atoms with Crippen LogP contribution in [0.2, 0.25) is 0 Å². The van der Waals surface area contributed by atoms with Crippen LogP contribution in [-0.4, -0.2) is 36.0 Å². The van der Waals surface area contributed by atoms with Crippen molar-refractivity contribution in [2.45, 2.75) is 29.7 Å². The van der Waals surface area contributed by atoms with E-state index in [9.17, 15) is 21.6 Å². The summed E-state index contributed by atoms with van der Waals surface area (Å²) in [5.74, 6) is -0.377. The Morgan fingerprint density at radius 2 is 1.45 bits per heavy atom. The minimum absolute atomic E-state index is 0.164. The summed E-state index contributed by atoms with van der Waals surface area (Å²) >= 11 is 0. The van der Waals surface area contributed by atoms with Crippen LogP contribution in [0.1, 0.15) is 34.5 Å². The highest BCUT2D eigenvalue weighted by molar-refractivity contribution is 7.92. The van der Waals surface area contributed by atoms with Crippen molar-refractivity contribution in [2.75, 3.05) is 17.6 Å². The van der Waals surface area contributed by atoms with E-state index in [0.29, 0.717) is 11.3 Å². The first-order valence-electron chi connectivity index (χ1n) is 10.2. The number of anilines is 1. The van der Waals surface area contributed by atoms with Crippen molar-refractivity contribution in [1.82, 2.24) is 5.32 Å². The van der Waals surface area contributed by atoms with Gasteiger partial charge in [0.2, 0.25) is 0 Å². The molecule has 3 rings (SSSR count). The number of sulfonamides is 1. The zero-order valence-corrected chi connectivity index (χ0v) is 20.4. The summed E-state index contributed by atoms with van der Waals surface area (Å²) in [6, 6.07) is 18.8. The molecule has 1 amide bonds.